The lowest BCUT2D eigenvalue weighted by molar-refractivity contribution is -0.154. The van der Waals surface area contributed by atoms with Crippen LogP contribution >= 0.6 is 0 Å². The summed E-state index contributed by atoms with van der Waals surface area (Å²) in [4.78, 5) is 33.4. The molecule has 0 aromatic carbocycles. The maximum Gasteiger partial charge on any atom is 0.311 e. The third kappa shape index (κ3) is 4.15. The minimum atomic E-state index is -0.833. The number of esters is 1. The van der Waals surface area contributed by atoms with Crippen LogP contribution in [0.5, 0.6) is 0 Å². The summed E-state index contributed by atoms with van der Waals surface area (Å²) in [5, 5.41) is 7.18. The number of rotatable bonds is 5. The van der Waals surface area contributed by atoms with Gasteiger partial charge in [-0.15, -0.1) is 0 Å². The van der Waals surface area contributed by atoms with Crippen LogP contribution < -0.4 is 5.32 Å². The van der Waals surface area contributed by atoms with Gasteiger partial charge in [0.2, 0.25) is 0 Å². The van der Waals surface area contributed by atoms with Crippen molar-refractivity contribution >= 4 is 17.7 Å². The molecule has 2 aromatic heterocycles. The number of fused-ring (bicyclic) bond motifs is 1. The van der Waals surface area contributed by atoms with Crippen molar-refractivity contribution in [2.75, 3.05) is 0 Å². The third-order valence-corrected chi connectivity index (χ3v) is 6.02. The van der Waals surface area contributed by atoms with Crippen LogP contribution in [-0.4, -0.2) is 43.6 Å². The van der Waals surface area contributed by atoms with Crippen LogP contribution in [0.1, 0.15) is 57.0 Å². The highest BCUT2D eigenvalue weighted by molar-refractivity contribution is 5.84. The van der Waals surface area contributed by atoms with Gasteiger partial charge in [-0.2, -0.15) is 10.1 Å². The Bertz CT molecular complexity index is 878. The van der Waals surface area contributed by atoms with Crippen LogP contribution in [0.25, 0.3) is 5.78 Å². The number of carbonyl (C=O) groups is 2. The Kier molecular flexibility index (Phi) is 5.96. The van der Waals surface area contributed by atoms with E-state index in [1.165, 1.54) is 12.7 Å². The Balaban J connectivity index is 1.60. The van der Waals surface area contributed by atoms with Gasteiger partial charge in [0.15, 0.2) is 6.10 Å². The number of nitrogens with one attached hydrogen (secondary N) is 1. The van der Waals surface area contributed by atoms with E-state index in [0.717, 1.165) is 24.1 Å². The van der Waals surface area contributed by atoms with E-state index in [0.29, 0.717) is 23.3 Å². The van der Waals surface area contributed by atoms with Gasteiger partial charge in [0.1, 0.15) is 6.33 Å². The molecule has 8 nitrogen and oxygen atoms in total. The average molecular weight is 387 g/mol. The van der Waals surface area contributed by atoms with Crippen LogP contribution in [0, 0.1) is 25.7 Å². The summed E-state index contributed by atoms with van der Waals surface area (Å²) in [5.41, 5.74) is 2.24. The van der Waals surface area contributed by atoms with Crippen molar-refractivity contribution in [3.63, 3.8) is 0 Å². The smallest absolute Gasteiger partial charge is 0.311 e. The summed E-state index contributed by atoms with van der Waals surface area (Å²) >= 11 is 0. The standard InChI is InChI=1S/C20H29N5O3/c1-11-7-6-8-17(12(11)2)24-19(27)15(5)28-18(26)9-16-13(3)23-20-21-10-22-25(20)14(16)4/h10-12,15,17H,6-9H2,1-5H3,(H,24,27)/t11-,12-,15-,17-/m0/s1. The zero-order valence-corrected chi connectivity index (χ0v) is 17.2. The average Bonchev–Trinajstić information content (AvgIpc) is 3.10. The monoisotopic (exact) mass is 387 g/mol. The largest absolute Gasteiger partial charge is 0.452 e. The van der Waals surface area contributed by atoms with Gasteiger partial charge in [-0.3, -0.25) is 9.59 Å². The number of ether oxygens (including phenoxy) is 1. The molecule has 1 aliphatic carbocycles. The van der Waals surface area contributed by atoms with Crippen molar-refractivity contribution in [1.29, 1.82) is 0 Å². The summed E-state index contributed by atoms with van der Waals surface area (Å²) < 4.78 is 6.99. The molecule has 1 saturated carbocycles. The van der Waals surface area contributed by atoms with E-state index < -0.39 is 12.1 Å². The number of nitrogens with zero attached hydrogens (tertiary/aromatic N) is 4. The highest BCUT2D eigenvalue weighted by atomic mass is 16.5. The van der Waals surface area contributed by atoms with Crippen molar-refractivity contribution in [2.45, 2.75) is 72.4 Å². The number of aromatic nitrogens is 4. The van der Waals surface area contributed by atoms with Gasteiger partial charge in [-0.25, -0.2) is 9.50 Å². The predicted molar refractivity (Wildman–Crippen MR) is 104 cm³/mol. The van der Waals surface area contributed by atoms with Crippen LogP contribution in [0.3, 0.4) is 0 Å². The summed E-state index contributed by atoms with van der Waals surface area (Å²) in [6.07, 6.45) is 3.91. The molecule has 0 saturated heterocycles. The molecule has 1 fully saturated rings. The Hall–Kier alpha value is -2.51. The van der Waals surface area contributed by atoms with Crippen molar-refractivity contribution in [3.8, 4) is 0 Å². The van der Waals surface area contributed by atoms with Crippen LogP contribution in [0.15, 0.2) is 6.33 Å². The second-order valence-corrected chi connectivity index (χ2v) is 7.92. The first-order chi connectivity index (χ1) is 13.3. The second kappa shape index (κ2) is 8.24. The predicted octanol–water partition coefficient (Wildman–Crippen LogP) is 2.16. The van der Waals surface area contributed by atoms with Gasteiger partial charge in [0.05, 0.1) is 6.42 Å². The highest BCUT2D eigenvalue weighted by Crippen LogP contribution is 2.29. The van der Waals surface area contributed by atoms with Crippen LogP contribution in [0.2, 0.25) is 0 Å². The third-order valence-electron chi connectivity index (χ3n) is 6.02. The molecule has 0 radical (unpaired) electrons. The summed E-state index contributed by atoms with van der Waals surface area (Å²) in [5.74, 6) is 0.807. The fraction of sp³-hybridized carbons (Fsp3) is 0.650. The van der Waals surface area contributed by atoms with Gasteiger partial charge >= 0.3 is 5.97 Å². The highest BCUT2D eigenvalue weighted by Gasteiger charge is 2.30. The Morgan fingerprint density at radius 2 is 2.07 bits per heavy atom. The van der Waals surface area contributed by atoms with E-state index in [1.807, 2.05) is 13.8 Å². The van der Waals surface area contributed by atoms with E-state index in [2.05, 4.69) is 34.2 Å². The number of amides is 1. The molecule has 0 aliphatic heterocycles. The first-order valence-corrected chi connectivity index (χ1v) is 9.93. The maximum absolute atomic E-state index is 12.5. The number of hydrogen-bond donors (Lipinski definition) is 1. The van der Waals surface area contributed by atoms with E-state index in [4.69, 9.17) is 4.74 Å². The molecule has 8 heteroatoms. The lowest BCUT2D eigenvalue weighted by atomic mass is 9.78. The lowest BCUT2D eigenvalue weighted by Gasteiger charge is -2.35. The molecule has 152 valence electrons. The van der Waals surface area contributed by atoms with Gasteiger partial charge in [0, 0.05) is 23.0 Å². The molecule has 0 unspecified atom stereocenters. The summed E-state index contributed by atoms with van der Waals surface area (Å²) in [6, 6.07) is 0.140. The topological polar surface area (TPSA) is 98.5 Å². The van der Waals surface area contributed by atoms with Gasteiger partial charge in [-0.05, 0) is 39.0 Å². The minimum absolute atomic E-state index is 0.0367. The number of aryl methyl sites for hydroxylation is 2. The van der Waals surface area contributed by atoms with E-state index >= 15 is 0 Å². The molecule has 4 atom stereocenters. The zero-order chi connectivity index (χ0) is 20.4. The molecular weight excluding hydrogens is 358 g/mol. The van der Waals surface area contributed by atoms with E-state index in [9.17, 15) is 9.59 Å². The van der Waals surface area contributed by atoms with E-state index in [-0.39, 0.29) is 18.4 Å². The number of hydrogen-bond acceptors (Lipinski definition) is 6. The summed E-state index contributed by atoms with van der Waals surface area (Å²) in [6.45, 7) is 9.69. The summed E-state index contributed by atoms with van der Waals surface area (Å²) in [7, 11) is 0. The minimum Gasteiger partial charge on any atom is -0.452 e. The lowest BCUT2D eigenvalue weighted by Crippen LogP contribution is -2.47. The Morgan fingerprint density at radius 3 is 2.82 bits per heavy atom. The quantitative estimate of drug-likeness (QED) is 0.790. The molecule has 1 N–H and O–H groups in total. The van der Waals surface area contributed by atoms with Crippen molar-refractivity contribution < 1.29 is 14.3 Å². The van der Waals surface area contributed by atoms with Gasteiger partial charge in [-0.1, -0.05) is 26.7 Å². The van der Waals surface area contributed by atoms with Gasteiger partial charge < -0.3 is 10.1 Å². The normalized spacial score (nSPS) is 23.4. The molecule has 28 heavy (non-hydrogen) atoms. The molecular formula is C20H29N5O3. The first kappa shape index (κ1) is 20.2. The Labute approximate surface area is 165 Å². The zero-order valence-electron chi connectivity index (χ0n) is 17.2. The maximum atomic E-state index is 12.5. The van der Waals surface area contributed by atoms with Crippen molar-refractivity contribution in [3.05, 3.63) is 23.3 Å². The molecule has 2 aromatic rings. The molecule has 1 aliphatic rings. The molecule has 2 heterocycles. The fourth-order valence-corrected chi connectivity index (χ4v) is 3.93. The van der Waals surface area contributed by atoms with Crippen molar-refractivity contribution in [2.24, 2.45) is 11.8 Å². The first-order valence-electron chi connectivity index (χ1n) is 9.93. The molecule has 3 rings (SSSR count). The van der Waals surface area contributed by atoms with Crippen LogP contribution in [-0.2, 0) is 20.7 Å². The molecule has 0 bridgehead atoms. The SMILES string of the molecule is Cc1nc2ncnn2c(C)c1CC(=O)O[C@@H](C)C(=O)N[C@H]1CCC[C@H](C)[C@@H]1C. The van der Waals surface area contributed by atoms with Crippen molar-refractivity contribution in [1.82, 2.24) is 24.9 Å². The van der Waals surface area contributed by atoms with E-state index in [1.54, 1.807) is 11.4 Å². The van der Waals surface area contributed by atoms with Crippen LogP contribution in [0.4, 0.5) is 0 Å². The Morgan fingerprint density at radius 1 is 1.32 bits per heavy atom. The fourth-order valence-electron chi connectivity index (χ4n) is 3.93. The molecule has 0 spiro atoms. The second-order valence-electron chi connectivity index (χ2n) is 7.92. The van der Waals surface area contributed by atoms with Gasteiger partial charge in [0.25, 0.3) is 11.7 Å². The number of carbonyl (C=O) groups excluding carboxylic acids is 2. The molecule has 1 amide bonds.